The molecule has 4 rings (SSSR count). The van der Waals surface area contributed by atoms with Gasteiger partial charge in [-0.15, -0.1) is 11.3 Å². The third kappa shape index (κ3) is 4.29. The number of thiazole rings is 1. The van der Waals surface area contributed by atoms with Crippen molar-refractivity contribution >= 4 is 39.4 Å². The number of aromatic nitrogens is 2. The quantitative estimate of drug-likeness (QED) is 0.584. The van der Waals surface area contributed by atoms with Gasteiger partial charge in [-0.1, -0.05) is 29.5 Å². The van der Waals surface area contributed by atoms with Crippen LogP contribution in [0.4, 0.5) is 9.93 Å². The lowest BCUT2D eigenvalue weighted by atomic mass is 10.2. The second-order valence-corrected chi connectivity index (χ2v) is 9.30. The Morgan fingerprint density at radius 1 is 1.20 bits per heavy atom. The molecule has 1 aliphatic heterocycles. The average molecular weight is 441 g/mol. The molecule has 0 bridgehead atoms. The van der Waals surface area contributed by atoms with Crippen LogP contribution in [-0.4, -0.2) is 44.4 Å². The van der Waals surface area contributed by atoms with Crippen molar-refractivity contribution in [2.24, 2.45) is 0 Å². The molecule has 0 atom stereocenters. The Kier molecular flexibility index (Phi) is 5.97. The van der Waals surface area contributed by atoms with E-state index in [0.29, 0.717) is 11.7 Å². The van der Waals surface area contributed by atoms with Gasteiger partial charge in [-0.25, -0.2) is 4.98 Å². The van der Waals surface area contributed by atoms with Gasteiger partial charge in [0.1, 0.15) is 0 Å². The first-order chi connectivity index (χ1) is 14.4. The molecule has 2 aromatic heterocycles. The zero-order chi connectivity index (χ0) is 21.3. The molecule has 3 heterocycles. The van der Waals surface area contributed by atoms with Crippen molar-refractivity contribution in [1.29, 1.82) is 0 Å². The topological polar surface area (TPSA) is 67.2 Å². The monoisotopic (exact) mass is 440 g/mol. The van der Waals surface area contributed by atoms with Gasteiger partial charge >= 0.3 is 0 Å². The molecule has 1 fully saturated rings. The molecule has 0 radical (unpaired) electrons. The van der Waals surface area contributed by atoms with Crippen LogP contribution in [0, 0.1) is 20.8 Å². The van der Waals surface area contributed by atoms with E-state index in [0.717, 1.165) is 40.6 Å². The molecule has 1 aliphatic rings. The Balaban J connectivity index is 1.46. The van der Waals surface area contributed by atoms with Crippen molar-refractivity contribution < 1.29 is 9.59 Å². The predicted molar refractivity (Wildman–Crippen MR) is 124 cm³/mol. The number of hydrogen-bond donors (Lipinski definition) is 1. The van der Waals surface area contributed by atoms with Gasteiger partial charge in [-0.3, -0.25) is 9.59 Å². The van der Waals surface area contributed by atoms with Crippen LogP contribution in [0.1, 0.15) is 23.4 Å². The first-order valence-corrected chi connectivity index (χ1v) is 11.7. The minimum Gasteiger partial charge on any atom is -0.332 e. The zero-order valence-electron chi connectivity index (χ0n) is 17.3. The number of benzene rings is 1. The van der Waals surface area contributed by atoms with Gasteiger partial charge in [0, 0.05) is 53.3 Å². The number of aryl methyl sites for hydroxylation is 2. The number of thioether (sulfide) groups is 1. The van der Waals surface area contributed by atoms with Crippen LogP contribution in [0.15, 0.2) is 35.7 Å². The third-order valence-electron chi connectivity index (χ3n) is 5.20. The highest BCUT2D eigenvalue weighted by Crippen LogP contribution is 2.31. The summed E-state index contributed by atoms with van der Waals surface area (Å²) < 4.78 is 2.22. The van der Waals surface area contributed by atoms with E-state index in [2.05, 4.69) is 66.0 Å². The molecule has 8 heteroatoms. The molecule has 156 valence electrons. The average Bonchev–Trinajstić information content (AvgIpc) is 3.41. The fourth-order valence-electron chi connectivity index (χ4n) is 3.62. The summed E-state index contributed by atoms with van der Waals surface area (Å²) in [6.07, 6.45) is 0.281. The van der Waals surface area contributed by atoms with Crippen LogP contribution < -0.4 is 5.32 Å². The van der Waals surface area contributed by atoms with Gasteiger partial charge in [0.15, 0.2) is 5.13 Å². The molecule has 6 nitrogen and oxygen atoms in total. The van der Waals surface area contributed by atoms with Crippen molar-refractivity contribution in [3.05, 3.63) is 52.7 Å². The summed E-state index contributed by atoms with van der Waals surface area (Å²) in [5.74, 6) is 0.683. The van der Waals surface area contributed by atoms with Crippen LogP contribution in [-0.2, 0) is 4.79 Å². The number of carbonyl (C=O) groups is 2. The maximum absolute atomic E-state index is 12.3. The highest BCUT2D eigenvalue weighted by atomic mass is 32.2. The Morgan fingerprint density at radius 3 is 2.67 bits per heavy atom. The smallest absolute Gasteiger partial charge is 0.281 e. The van der Waals surface area contributed by atoms with E-state index in [1.54, 1.807) is 4.90 Å². The van der Waals surface area contributed by atoms with Crippen LogP contribution >= 0.6 is 23.1 Å². The molecule has 30 heavy (non-hydrogen) atoms. The molecule has 1 aromatic carbocycles. The lowest BCUT2D eigenvalue weighted by Crippen LogP contribution is -2.27. The van der Waals surface area contributed by atoms with Crippen LogP contribution in [0.5, 0.6) is 0 Å². The number of nitrogens with zero attached hydrogens (tertiary/aromatic N) is 3. The van der Waals surface area contributed by atoms with E-state index in [9.17, 15) is 9.59 Å². The van der Waals surface area contributed by atoms with Crippen LogP contribution in [0.25, 0.3) is 16.9 Å². The molecular formula is C22H24N4O2S2. The second kappa shape index (κ2) is 8.65. The molecular weight excluding hydrogens is 416 g/mol. The van der Waals surface area contributed by atoms with Gasteiger partial charge < -0.3 is 14.8 Å². The Bertz CT molecular complexity index is 1090. The lowest BCUT2D eigenvalue weighted by molar-refractivity contribution is -0.116. The fourth-order valence-corrected chi connectivity index (χ4v) is 5.19. The fraction of sp³-hybridized carbons (Fsp3) is 0.318. The van der Waals surface area contributed by atoms with Gasteiger partial charge in [0.2, 0.25) is 5.91 Å². The maximum Gasteiger partial charge on any atom is 0.281 e. The molecule has 0 saturated carbocycles. The molecule has 0 aliphatic carbocycles. The van der Waals surface area contributed by atoms with Crippen molar-refractivity contribution in [2.75, 3.05) is 24.2 Å². The lowest BCUT2D eigenvalue weighted by Gasteiger charge is -2.13. The van der Waals surface area contributed by atoms with Crippen LogP contribution in [0.3, 0.4) is 0 Å². The van der Waals surface area contributed by atoms with Gasteiger partial charge in [0.05, 0.1) is 5.69 Å². The summed E-state index contributed by atoms with van der Waals surface area (Å²) in [4.78, 5) is 30.2. The van der Waals surface area contributed by atoms with Gasteiger partial charge in [-0.2, -0.15) is 0 Å². The summed E-state index contributed by atoms with van der Waals surface area (Å²) in [5.41, 5.74) is 6.52. The summed E-state index contributed by atoms with van der Waals surface area (Å²) in [7, 11) is 0. The van der Waals surface area contributed by atoms with E-state index >= 15 is 0 Å². The molecule has 1 saturated heterocycles. The first kappa shape index (κ1) is 20.7. The summed E-state index contributed by atoms with van der Waals surface area (Å²) in [6, 6.07) is 10.6. The van der Waals surface area contributed by atoms with Crippen LogP contribution in [0.2, 0.25) is 0 Å². The molecule has 0 spiro atoms. The number of anilines is 1. The number of carbonyl (C=O) groups excluding carboxylic acids is 2. The molecule has 0 unspecified atom stereocenters. The Hall–Kier alpha value is -2.58. The number of nitrogens with one attached hydrogen (secondary N) is 1. The third-order valence-corrected chi connectivity index (χ3v) is 6.85. The number of hydrogen-bond acceptors (Lipinski definition) is 5. The second-order valence-electron chi connectivity index (χ2n) is 7.39. The Morgan fingerprint density at radius 2 is 1.97 bits per heavy atom. The standard InChI is InChI=1S/C22H24N4O2S2/c1-14-4-6-17(7-5-14)26-15(2)12-18(16(26)3)19-13-30-21(23-19)24-20(27)8-9-25-10-11-29-22(25)28/h4-7,12-13H,8-11H2,1-3H3,(H,23,24,27). The highest BCUT2D eigenvalue weighted by molar-refractivity contribution is 8.13. The van der Waals surface area contributed by atoms with Crippen molar-refractivity contribution in [3.8, 4) is 16.9 Å². The van der Waals surface area contributed by atoms with E-state index < -0.39 is 0 Å². The van der Waals surface area contributed by atoms with Gasteiger partial charge in [0.25, 0.3) is 5.24 Å². The van der Waals surface area contributed by atoms with E-state index in [-0.39, 0.29) is 17.6 Å². The normalized spacial score (nSPS) is 13.8. The molecule has 1 N–H and O–H groups in total. The first-order valence-electron chi connectivity index (χ1n) is 9.86. The van der Waals surface area contributed by atoms with E-state index in [1.165, 1.54) is 28.7 Å². The largest absolute Gasteiger partial charge is 0.332 e. The number of amides is 2. The molecule has 3 aromatic rings. The zero-order valence-corrected chi connectivity index (χ0v) is 18.9. The Labute approximate surface area is 184 Å². The van der Waals surface area contributed by atoms with Gasteiger partial charge in [-0.05, 0) is 39.0 Å². The SMILES string of the molecule is Cc1ccc(-n2c(C)cc(-c3csc(NC(=O)CCN4CCSC4=O)n3)c2C)cc1. The van der Waals surface area contributed by atoms with E-state index in [1.807, 2.05) is 5.38 Å². The number of rotatable bonds is 6. The van der Waals surface area contributed by atoms with Crippen molar-refractivity contribution in [1.82, 2.24) is 14.5 Å². The maximum atomic E-state index is 12.3. The highest BCUT2D eigenvalue weighted by Gasteiger charge is 2.21. The minimum atomic E-state index is -0.120. The van der Waals surface area contributed by atoms with E-state index in [4.69, 9.17) is 0 Å². The summed E-state index contributed by atoms with van der Waals surface area (Å²) in [6.45, 7) is 7.42. The van der Waals surface area contributed by atoms with Crippen molar-refractivity contribution in [3.63, 3.8) is 0 Å². The summed E-state index contributed by atoms with van der Waals surface area (Å²) >= 11 is 2.72. The molecule has 2 amide bonds. The van der Waals surface area contributed by atoms with Crippen molar-refractivity contribution in [2.45, 2.75) is 27.2 Å². The summed E-state index contributed by atoms with van der Waals surface area (Å²) in [5, 5.41) is 5.48. The minimum absolute atomic E-state index is 0.0586. The predicted octanol–water partition coefficient (Wildman–Crippen LogP) is 5.02.